The van der Waals surface area contributed by atoms with Gasteiger partial charge in [0.1, 0.15) is 17.7 Å². The predicted octanol–water partition coefficient (Wildman–Crippen LogP) is 2.53. The highest BCUT2D eigenvalue weighted by Gasteiger charge is 2.30. The molecule has 2 aliphatic heterocycles. The van der Waals surface area contributed by atoms with Gasteiger partial charge in [-0.25, -0.2) is 18.0 Å². The summed E-state index contributed by atoms with van der Waals surface area (Å²) in [7, 11) is -0.383. The average Bonchev–Trinajstić information content (AvgIpc) is 3.39. The number of methoxy groups -OCH3 is 1. The Hall–Kier alpha value is -3.38. The van der Waals surface area contributed by atoms with Crippen LogP contribution in [0.3, 0.4) is 0 Å². The van der Waals surface area contributed by atoms with E-state index in [0.717, 1.165) is 39.1 Å². The van der Waals surface area contributed by atoms with Gasteiger partial charge in [-0.05, 0) is 30.5 Å². The van der Waals surface area contributed by atoms with Gasteiger partial charge in [0.15, 0.2) is 5.82 Å². The van der Waals surface area contributed by atoms with Crippen LogP contribution in [0.5, 0.6) is 5.88 Å². The monoisotopic (exact) mass is 485 g/mol. The van der Waals surface area contributed by atoms with Gasteiger partial charge in [0.2, 0.25) is 11.8 Å². The molecule has 0 saturated carbocycles. The van der Waals surface area contributed by atoms with Crippen molar-refractivity contribution in [2.45, 2.75) is 31.5 Å². The van der Waals surface area contributed by atoms with Crippen molar-refractivity contribution in [1.29, 1.82) is 0 Å². The van der Waals surface area contributed by atoms with E-state index >= 15 is 4.39 Å². The highest BCUT2D eigenvalue weighted by atomic mass is 19.1. The van der Waals surface area contributed by atoms with Crippen molar-refractivity contribution in [3.05, 3.63) is 30.2 Å². The average molecular weight is 486 g/mol. The number of ether oxygens (including phenoxy) is 2. The van der Waals surface area contributed by atoms with Gasteiger partial charge < -0.3 is 14.8 Å². The molecule has 1 N–H and O–H groups in total. The molecule has 0 aliphatic carbocycles. The highest BCUT2D eigenvalue weighted by molar-refractivity contribution is 5.89. The maximum Gasteiger partial charge on any atom is 0.244 e. The maximum atomic E-state index is 15.3. The molecule has 0 bridgehead atoms. The fourth-order valence-electron chi connectivity index (χ4n) is 4.85. The number of rotatable bonds is 7. The zero-order valence-corrected chi connectivity index (χ0v) is 19.0. The lowest BCUT2D eigenvalue weighted by Gasteiger charge is -2.41. The molecule has 12 heteroatoms. The van der Waals surface area contributed by atoms with E-state index in [1.807, 2.05) is 0 Å². The van der Waals surface area contributed by atoms with Gasteiger partial charge in [-0.1, -0.05) is 11.3 Å². The normalized spacial score (nSPS) is 18.2. The second kappa shape index (κ2) is 9.00. The summed E-state index contributed by atoms with van der Waals surface area (Å²) >= 11 is 0. The van der Waals surface area contributed by atoms with Crippen molar-refractivity contribution in [3.8, 4) is 17.0 Å². The zero-order valence-electron chi connectivity index (χ0n) is 20.0. The summed E-state index contributed by atoms with van der Waals surface area (Å²) < 4.78 is 49.5. The molecule has 2 aliphatic rings. The van der Waals surface area contributed by atoms with Gasteiger partial charge in [-0.2, -0.15) is 4.98 Å². The lowest BCUT2D eigenvalue weighted by molar-refractivity contribution is -0.0705. The van der Waals surface area contributed by atoms with Crippen LogP contribution in [0.1, 0.15) is 14.2 Å². The minimum Gasteiger partial charge on any atom is -0.479 e. The lowest BCUT2D eigenvalue weighted by Crippen LogP contribution is -2.53. The molecular weight excluding hydrogens is 458 g/mol. The summed E-state index contributed by atoms with van der Waals surface area (Å²) in [6.45, 7) is 2.98. The van der Waals surface area contributed by atoms with Gasteiger partial charge in [-0.15, -0.1) is 10.2 Å². The first-order valence-corrected chi connectivity index (χ1v) is 11.6. The molecule has 2 fully saturated rings. The van der Waals surface area contributed by atoms with Crippen LogP contribution in [0.25, 0.3) is 27.7 Å². The predicted molar refractivity (Wildman–Crippen MR) is 125 cm³/mol. The minimum absolute atomic E-state index is 0.0532. The number of hydrogen-bond donors (Lipinski definition) is 1. The summed E-state index contributed by atoms with van der Waals surface area (Å²) in [5.41, 5.74) is 2.24. The van der Waals surface area contributed by atoms with Gasteiger partial charge in [0, 0.05) is 19.1 Å². The molecule has 184 valence electrons. The third kappa shape index (κ3) is 3.96. The Kier molecular flexibility index (Phi) is 5.39. The van der Waals surface area contributed by atoms with E-state index in [-0.39, 0.29) is 31.1 Å². The topological polar surface area (TPSA) is 94.6 Å². The van der Waals surface area contributed by atoms with Crippen LogP contribution < -0.4 is 10.1 Å². The zero-order chi connectivity index (χ0) is 24.6. The maximum absolute atomic E-state index is 15.3. The van der Waals surface area contributed by atoms with Crippen molar-refractivity contribution in [3.63, 3.8) is 0 Å². The van der Waals surface area contributed by atoms with E-state index in [4.69, 9.17) is 10.8 Å². The molecule has 0 unspecified atom stereocenters. The number of anilines is 1. The molecule has 0 amide bonds. The van der Waals surface area contributed by atoms with Gasteiger partial charge in [0.25, 0.3) is 0 Å². The highest BCUT2D eigenvalue weighted by Crippen LogP contribution is 2.35. The Morgan fingerprint density at radius 1 is 1.29 bits per heavy atom. The molecule has 35 heavy (non-hydrogen) atoms. The van der Waals surface area contributed by atoms with E-state index in [1.54, 1.807) is 18.2 Å². The summed E-state index contributed by atoms with van der Waals surface area (Å²) in [6.07, 6.45) is 3.13. The lowest BCUT2D eigenvalue weighted by atomic mass is 10.0. The number of alkyl halides is 1. The smallest absolute Gasteiger partial charge is 0.244 e. The Labute approximate surface area is 201 Å². The van der Waals surface area contributed by atoms with Gasteiger partial charge in [-0.3, -0.25) is 4.90 Å². The number of piperidine rings is 1. The number of likely N-dealkylation sites (tertiary alicyclic amines) is 1. The second-order valence-corrected chi connectivity index (χ2v) is 8.88. The third-order valence-corrected chi connectivity index (χ3v) is 6.79. The van der Waals surface area contributed by atoms with Crippen LogP contribution in [-0.2, 0) is 11.3 Å². The Morgan fingerprint density at radius 2 is 2.14 bits per heavy atom. The molecule has 0 spiro atoms. The fraction of sp³-hybridized carbons (Fsp3) is 0.478. The number of fused-ring (bicyclic) bond motifs is 2. The largest absolute Gasteiger partial charge is 0.479 e. The Bertz CT molecular complexity index is 1380. The van der Waals surface area contributed by atoms with Crippen molar-refractivity contribution in [1.82, 2.24) is 34.5 Å². The number of aryl methyl sites for hydroxylation is 1. The van der Waals surface area contributed by atoms with Crippen LogP contribution in [0.15, 0.2) is 24.4 Å². The van der Waals surface area contributed by atoms with Crippen molar-refractivity contribution in [2.24, 2.45) is 0 Å². The third-order valence-electron chi connectivity index (χ3n) is 6.79. The molecule has 6 rings (SSSR count). The summed E-state index contributed by atoms with van der Waals surface area (Å²) in [5.74, 6) is -0.0873. The minimum atomic E-state index is -0.592. The standard InChI is InChI=1S/C23H26F2N8O2/c1-34-22-21-20(14-2-3-18-19(10-14)32(9-6-24)30-28-18)17(25)11-33(21)29-23(27-22)26-15-4-7-31(8-5-15)16-12-35-13-16/h2-3,10-11,15-16H,4-9,12-13H2,1H3,(H,26,29)/i1D. The van der Waals surface area contributed by atoms with E-state index in [1.165, 1.54) is 15.4 Å². The van der Waals surface area contributed by atoms with Crippen LogP contribution in [-0.4, -0.2) is 86.6 Å². The van der Waals surface area contributed by atoms with Crippen molar-refractivity contribution in [2.75, 3.05) is 45.4 Å². The van der Waals surface area contributed by atoms with Crippen LogP contribution in [0.4, 0.5) is 14.7 Å². The summed E-state index contributed by atoms with van der Waals surface area (Å²) in [5, 5.41) is 15.9. The number of aromatic nitrogens is 6. The van der Waals surface area contributed by atoms with E-state index < -0.39 is 12.5 Å². The number of halogens is 2. The second-order valence-electron chi connectivity index (χ2n) is 8.88. The van der Waals surface area contributed by atoms with Crippen LogP contribution in [0.2, 0.25) is 0 Å². The number of hydrogen-bond acceptors (Lipinski definition) is 8. The fourth-order valence-corrected chi connectivity index (χ4v) is 4.85. The number of nitrogens with one attached hydrogen (secondary N) is 1. The molecule has 1 aromatic carbocycles. The van der Waals surface area contributed by atoms with Crippen molar-refractivity contribution < 1.29 is 19.6 Å². The SMILES string of the molecule is [2H]COc1nc(NC2CCN(C3COC3)CC2)nn2cc(F)c(-c3ccc4nnn(CCF)c4c3)c12. The van der Waals surface area contributed by atoms with E-state index in [9.17, 15) is 4.39 Å². The molecular formula is C23H26F2N8O2. The molecule has 2 saturated heterocycles. The summed E-state index contributed by atoms with van der Waals surface area (Å²) in [6, 6.07) is 5.82. The molecule has 3 aromatic heterocycles. The first kappa shape index (κ1) is 20.9. The summed E-state index contributed by atoms with van der Waals surface area (Å²) in [4.78, 5) is 6.94. The Morgan fingerprint density at radius 3 is 2.89 bits per heavy atom. The molecule has 4 aromatic rings. The molecule has 0 radical (unpaired) electrons. The molecule has 5 heterocycles. The van der Waals surface area contributed by atoms with E-state index in [2.05, 4.69) is 30.6 Å². The Balaban J connectivity index is 1.32. The first-order chi connectivity index (χ1) is 17.6. The van der Waals surface area contributed by atoms with Crippen LogP contribution >= 0.6 is 0 Å². The first-order valence-electron chi connectivity index (χ1n) is 12.3. The van der Waals surface area contributed by atoms with E-state index in [0.29, 0.717) is 34.1 Å². The molecule has 10 nitrogen and oxygen atoms in total. The number of nitrogens with zero attached hydrogens (tertiary/aromatic N) is 7. The quantitative estimate of drug-likeness (QED) is 0.427. The van der Waals surface area contributed by atoms with Crippen molar-refractivity contribution >= 4 is 22.5 Å². The van der Waals surface area contributed by atoms with Gasteiger partial charge in [0.05, 0.1) is 51.5 Å². The van der Waals surface area contributed by atoms with Crippen LogP contribution in [0, 0.1) is 5.82 Å². The number of benzene rings is 1. The van der Waals surface area contributed by atoms with Gasteiger partial charge >= 0.3 is 0 Å². The molecule has 0 atom stereocenters.